The van der Waals surface area contributed by atoms with Crippen molar-refractivity contribution in [3.63, 3.8) is 0 Å². The highest BCUT2D eigenvalue weighted by atomic mass is 35.5. The topological polar surface area (TPSA) is 81.0 Å². The highest BCUT2D eigenvalue weighted by molar-refractivity contribution is 6.31. The van der Waals surface area contributed by atoms with E-state index in [1.165, 1.54) is 12.7 Å². The van der Waals surface area contributed by atoms with Crippen LogP contribution in [0.3, 0.4) is 0 Å². The minimum absolute atomic E-state index is 0.0816. The van der Waals surface area contributed by atoms with E-state index in [4.69, 9.17) is 11.6 Å². The molecule has 1 heterocycles. The molecule has 7 heteroatoms. The molecule has 1 aromatic heterocycles. The van der Waals surface area contributed by atoms with Crippen molar-refractivity contribution in [3.05, 3.63) is 21.6 Å². The van der Waals surface area contributed by atoms with Gasteiger partial charge in [0.15, 0.2) is 0 Å². The Balaban J connectivity index is 1.98. The van der Waals surface area contributed by atoms with Crippen molar-refractivity contribution >= 4 is 23.1 Å². The molecule has 6 nitrogen and oxygen atoms in total. The van der Waals surface area contributed by atoms with Gasteiger partial charge < -0.3 is 5.32 Å². The molecule has 2 aliphatic rings. The number of nitrogens with zero attached hydrogens (tertiary/aromatic N) is 3. The van der Waals surface area contributed by atoms with Crippen molar-refractivity contribution in [1.82, 2.24) is 9.97 Å². The van der Waals surface area contributed by atoms with E-state index in [2.05, 4.69) is 36.1 Å². The van der Waals surface area contributed by atoms with Crippen LogP contribution in [0, 0.1) is 26.9 Å². The molecular formula is C14H19ClN4O2. The van der Waals surface area contributed by atoms with Crippen LogP contribution < -0.4 is 5.32 Å². The second-order valence-corrected chi connectivity index (χ2v) is 7.47. The summed E-state index contributed by atoms with van der Waals surface area (Å²) in [5.41, 5.74) is -0.000985. The fourth-order valence-corrected chi connectivity index (χ4v) is 4.63. The van der Waals surface area contributed by atoms with Gasteiger partial charge in [-0.1, -0.05) is 32.4 Å². The van der Waals surface area contributed by atoms with Crippen molar-refractivity contribution < 1.29 is 4.92 Å². The SMILES string of the molecule is CC12CCC(C1)C(C)(C)C2Nc1ncnc(Cl)c1[N+](=O)[O-]. The lowest BCUT2D eigenvalue weighted by Gasteiger charge is -2.43. The predicted molar refractivity (Wildman–Crippen MR) is 80.3 cm³/mol. The van der Waals surface area contributed by atoms with Gasteiger partial charge >= 0.3 is 5.69 Å². The third-order valence-electron chi connectivity index (χ3n) is 5.51. The Kier molecular flexibility index (Phi) is 3.13. The van der Waals surface area contributed by atoms with Gasteiger partial charge in [0.25, 0.3) is 0 Å². The number of nitro groups is 1. The van der Waals surface area contributed by atoms with Crippen molar-refractivity contribution in [1.29, 1.82) is 0 Å². The van der Waals surface area contributed by atoms with Crippen molar-refractivity contribution in [2.24, 2.45) is 16.7 Å². The maximum Gasteiger partial charge on any atom is 0.348 e. The monoisotopic (exact) mass is 310 g/mol. The maximum atomic E-state index is 11.2. The van der Waals surface area contributed by atoms with Gasteiger partial charge in [0.05, 0.1) is 4.92 Å². The van der Waals surface area contributed by atoms with Gasteiger partial charge in [-0.2, -0.15) is 0 Å². The Bertz CT molecular complexity index is 602. The summed E-state index contributed by atoms with van der Waals surface area (Å²) in [5.74, 6) is 0.878. The van der Waals surface area contributed by atoms with Crippen LogP contribution in [0.25, 0.3) is 0 Å². The summed E-state index contributed by atoms with van der Waals surface area (Å²) in [4.78, 5) is 18.5. The largest absolute Gasteiger partial charge is 0.360 e. The minimum Gasteiger partial charge on any atom is -0.360 e. The van der Waals surface area contributed by atoms with Gasteiger partial charge in [-0.05, 0) is 36.0 Å². The lowest BCUT2D eigenvalue weighted by Crippen LogP contribution is -2.46. The molecule has 3 atom stereocenters. The molecule has 2 aliphatic carbocycles. The number of hydrogen-bond donors (Lipinski definition) is 1. The molecule has 0 saturated heterocycles. The average molecular weight is 311 g/mol. The predicted octanol–water partition coefficient (Wildman–Crippen LogP) is 3.66. The Morgan fingerprint density at radius 1 is 1.43 bits per heavy atom. The first-order valence-corrected chi connectivity index (χ1v) is 7.55. The molecule has 3 unspecified atom stereocenters. The van der Waals surface area contributed by atoms with Crippen LogP contribution in [0.15, 0.2) is 6.33 Å². The van der Waals surface area contributed by atoms with Crippen LogP contribution in [0.1, 0.15) is 40.0 Å². The fourth-order valence-electron chi connectivity index (χ4n) is 4.42. The van der Waals surface area contributed by atoms with Crippen LogP contribution in [-0.4, -0.2) is 20.9 Å². The van der Waals surface area contributed by atoms with E-state index in [1.807, 2.05) is 0 Å². The lowest BCUT2D eigenvalue weighted by molar-refractivity contribution is -0.384. The van der Waals surface area contributed by atoms with Crippen LogP contribution in [0.4, 0.5) is 11.5 Å². The Morgan fingerprint density at radius 2 is 2.14 bits per heavy atom. The summed E-state index contributed by atoms with van der Waals surface area (Å²) >= 11 is 5.86. The third kappa shape index (κ3) is 2.08. The molecule has 0 radical (unpaired) electrons. The number of rotatable bonds is 3. The van der Waals surface area contributed by atoms with Crippen LogP contribution in [0.2, 0.25) is 5.15 Å². The van der Waals surface area contributed by atoms with Crippen LogP contribution >= 0.6 is 11.6 Å². The van der Waals surface area contributed by atoms with Gasteiger partial charge in [0.2, 0.25) is 11.0 Å². The number of halogens is 1. The number of fused-ring (bicyclic) bond motifs is 2. The highest BCUT2D eigenvalue weighted by Gasteiger charge is 2.59. The summed E-state index contributed by atoms with van der Waals surface area (Å²) in [7, 11) is 0. The average Bonchev–Trinajstić information content (AvgIpc) is 2.85. The normalized spacial score (nSPS) is 33.1. The first-order chi connectivity index (χ1) is 9.75. The van der Waals surface area contributed by atoms with E-state index in [1.54, 1.807) is 0 Å². The van der Waals surface area contributed by atoms with E-state index in [9.17, 15) is 10.1 Å². The molecule has 0 aromatic carbocycles. The number of aromatic nitrogens is 2. The molecule has 21 heavy (non-hydrogen) atoms. The molecule has 0 aliphatic heterocycles. The summed E-state index contributed by atoms with van der Waals surface area (Å²) in [6, 6.07) is 0.147. The van der Waals surface area contributed by atoms with Gasteiger partial charge in [-0.25, -0.2) is 9.97 Å². The number of anilines is 1. The zero-order valence-electron chi connectivity index (χ0n) is 12.4. The third-order valence-corrected chi connectivity index (χ3v) is 5.79. The molecule has 2 fully saturated rings. The van der Waals surface area contributed by atoms with Gasteiger partial charge in [0, 0.05) is 6.04 Å². The van der Waals surface area contributed by atoms with Crippen molar-refractivity contribution in [2.45, 2.75) is 46.1 Å². The number of nitrogens with one attached hydrogen (secondary N) is 1. The van der Waals surface area contributed by atoms with Crippen molar-refractivity contribution in [2.75, 3.05) is 5.32 Å². The van der Waals surface area contributed by atoms with E-state index in [0.29, 0.717) is 5.92 Å². The van der Waals surface area contributed by atoms with Gasteiger partial charge in [0.1, 0.15) is 6.33 Å². The summed E-state index contributed by atoms with van der Waals surface area (Å²) in [6.45, 7) is 6.72. The van der Waals surface area contributed by atoms with E-state index < -0.39 is 4.92 Å². The minimum atomic E-state index is -0.521. The fraction of sp³-hybridized carbons (Fsp3) is 0.714. The first-order valence-electron chi connectivity index (χ1n) is 7.17. The Hall–Kier alpha value is -1.43. The second kappa shape index (κ2) is 4.53. The van der Waals surface area contributed by atoms with Crippen LogP contribution in [0.5, 0.6) is 0 Å². The van der Waals surface area contributed by atoms with Gasteiger partial charge in [-0.3, -0.25) is 10.1 Å². The molecule has 0 amide bonds. The zero-order valence-corrected chi connectivity index (χ0v) is 13.1. The van der Waals surface area contributed by atoms with E-state index >= 15 is 0 Å². The molecule has 2 bridgehead atoms. The first kappa shape index (κ1) is 14.5. The molecule has 3 rings (SSSR count). The molecule has 1 N–H and O–H groups in total. The maximum absolute atomic E-state index is 11.2. The quantitative estimate of drug-likeness (QED) is 0.523. The van der Waals surface area contributed by atoms with Crippen molar-refractivity contribution in [3.8, 4) is 0 Å². The standard InChI is InChI=1S/C14H19ClN4O2/c1-13(2)8-4-5-14(3,6-8)12(13)18-11-9(19(20)21)10(15)16-7-17-11/h7-8,12H,4-6H2,1-3H3,(H,16,17,18). The smallest absolute Gasteiger partial charge is 0.348 e. The highest BCUT2D eigenvalue weighted by Crippen LogP contribution is 2.63. The summed E-state index contributed by atoms with van der Waals surface area (Å²) in [6.07, 6.45) is 4.80. The molecule has 114 valence electrons. The summed E-state index contributed by atoms with van der Waals surface area (Å²) < 4.78 is 0. The number of hydrogen-bond acceptors (Lipinski definition) is 5. The molecular weight excluding hydrogens is 292 g/mol. The Labute approximate surface area is 128 Å². The van der Waals surface area contributed by atoms with E-state index in [-0.39, 0.29) is 33.5 Å². The Morgan fingerprint density at radius 3 is 2.71 bits per heavy atom. The lowest BCUT2D eigenvalue weighted by atomic mass is 9.68. The molecule has 0 spiro atoms. The second-order valence-electron chi connectivity index (χ2n) is 7.11. The van der Waals surface area contributed by atoms with Crippen LogP contribution in [-0.2, 0) is 0 Å². The van der Waals surface area contributed by atoms with Gasteiger partial charge in [-0.15, -0.1) is 0 Å². The molecule has 2 saturated carbocycles. The van der Waals surface area contributed by atoms with E-state index in [0.717, 1.165) is 12.8 Å². The summed E-state index contributed by atoms with van der Waals surface area (Å²) in [5, 5.41) is 14.4. The molecule has 1 aromatic rings. The zero-order chi connectivity index (χ0) is 15.4.